The highest BCUT2D eigenvalue weighted by Gasteiger charge is 2.07. The topological polar surface area (TPSA) is 68.8 Å². The maximum absolute atomic E-state index is 5.67. The number of pyridine rings is 1. The van der Waals surface area contributed by atoms with E-state index < -0.39 is 0 Å². The number of fused-ring (bicyclic) bond motifs is 1. The fourth-order valence-electron chi connectivity index (χ4n) is 1.43. The van der Waals surface area contributed by atoms with E-state index in [0.717, 1.165) is 17.1 Å². The Labute approximate surface area is 88.3 Å². The van der Waals surface area contributed by atoms with Gasteiger partial charge in [-0.2, -0.15) is 0 Å². The van der Waals surface area contributed by atoms with E-state index >= 15 is 0 Å². The molecule has 0 amide bonds. The van der Waals surface area contributed by atoms with Gasteiger partial charge in [0, 0.05) is 25.8 Å². The Balaban J connectivity index is 2.32. The Hall–Kier alpha value is -1.62. The second-order valence-electron chi connectivity index (χ2n) is 3.70. The van der Waals surface area contributed by atoms with Crippen molar-refractivity contribution in [3.8, 4) is 0 Å². The molecule has 1 atom stereocenters. The molecular formula is C10H15N5. The van der Waals surface area contributed by atoms with E-state index in [1.807, 2.05) is 30.7 Å². The highest BCUT2D eigenvalue weighted by molar-refractivity contribution is 5.74. The number of aryl methyl sites for hydroxylation is 1. The Morgan fingerprint density at radius 3 is 3.07 bits per heavy atom. The third-order valence-electron chi connectivity index (χ3n) is 2.21. The van der Waals surface area contributed by atoms with Gasteiger partial charge in [-0.1, -0.05) is 0 Å². The number of hydrogen-bond acceptors (Lipinski definition) is 4. The molecule has 0 saturated carbocycles. The molecule has 5 heteroatoms. The predicted octanol–water partition coefficient (Wildman–Crippen LogP) is 0.727. The number of nitrogens with two attached hydrogens (primary N) is 1. The van der Waals surface area contributed by atoms with E-state index in [2.05, 4.69) is 15.3 Å². The molecule has 0 aliphatic heterocycles. The lowest BCUT2D eigenvalue weighted by atomic mass is 10.4. The number of hydrogen-bond donors (Lipinski definition) is 2. The SMILES string of the molecule is CC(N)CNc1nc2cccnc2n1C. The van der Waals surface area contributed by atoms with Crippen LogP contribution in [0.2, 0.25) is 0 Å². The number of anilines is 1. The lowest BCUT2D eigenvalue weighted by molar-refractivity contribution is 0.766. The standard InChI is InChI=1S/C10H15N5/c1-7(11)6-13-10-14-8-4-3-5-12-9(8)15(10)2/h3-5,7H,6,11H2,1-2H3,(H,13,14). The summed E-state index contributed by atoms with van der Waals surface area (Å²) in [7, 11) is 1.94. The van der Waals surface area contributed by atoms with Crippen LogP contribution in [0.4, 0.5) is 5.95 Å². The van der Waals surface area contributed by atoms with E-state index in [4.69, 9.17) is 5.73 Å². The molecule has 2 aromatic rings. The summed E-state index contributed by atoms with van der Waals surface area (Å²) < 4.78 is 1.93. The highest BCUT2D eigenvalue weighted by atomic mass is 15.2. The van der Waals surface area contributed by atoms with Crippen LogP contribution < -0.4 is 11.1 Å². The fraction of sp³-hybridized carbons (Fsp3) is 0.400. The summed E-state index contributed by atoms with van der Waals surface area (Å²) in [5, 5.41) is 3.19. The van der Waals surface area contributed by atoms with Gasteiger partial charge in [0.25, 0.3) is 0 Å². The maximum atomic E-state index is 5.67. The minimum Gasteiger partial charge on any atom is -0.354 e. The van der Waals surface area contributed by atoms with E-state index in [1.54, 1.807) is 6.20 Å². The van der Waals surface area contributed by atoms with Crippen molar-refractivity contribution in [2.45, 2.75) is 13.0 Å². The highest BCUT2D eigenvalue weighted by Crippen LogP contribution is 2.14. The third-order valence-corrected chi connectivity index (χ3v) is 2.21. The maximum Gasteiger partial charge on any atom is 0.204 e. The number of nitrogens with zero attached hydrogens (tertiary/aromatic N) is 3. The monoisotopic (exact) mass is 205 g/mol. The largest absolute Gasteiger partial charge is 0.354 e. The average molecular weight is 205 g/mol. The summed E-state index contributed by atoms with van der Waals surface area (Å²) in [6.45, 7) is 2.66. The molecule has 0 bridgehead atoms. The molecule has 2 aromatic heterocycles. The molecule has 1 unspecified atom stereocenters. The van der Waals surface area contributed by atoms with Gasteiger partial charge in [0.2, 0.25) is 5.95 Å². The molecule has 0 saturated heterocycles. The van der Waals surface area contributed by atoms with Crippen molar-refractivity contribution in [2.24, 2.45) is 12.8 Å². The molecule has 0 aromatic carbocycles. The first-order chi connectivity index (χ1) is 7.18. The summed E-state index contributed by atoms with van der Waals surface area (Å²) >= 11 is 0. The van der Waals surface area contributed by atoms with Crippen molar-refractivity contribution in [1.82, 2.24) is 14.5 Å². The number of imidazole rings is 1. The van der Waals surface area contributed by atoms with Crippen molar-refractivity contribution in [1.29, 1.82) is 0 Å². The Morgan fingerprint density at radius 2 is 2.40 bits per heavy atom. The number of rotatable bonds is 3. The molecule has 3 N–H and O–H groups in total. The van der Waals surface area contributed by atoms with Crippen molar-refractivity contribution in [3.63, 3.8) is 0 Å². The van der Waals surface area contributed by atoms with Crippen molar-refractivity contribution >= 4 is 17.1 Å². The van der Waals surface area contributed by atoms with Gasteiger partial charge in [-0.05, 0) is 19.1 Å². The van der Waals surface area contributed by atoms with Crippen LogP contribution in [-0.4, -0.2) is 27.1 Å². The van der Waals surface area contributed by atoms with Crippen molar-refractivity contribution in [3.05, 3.63) is 18.3 Å². The second-order valence-corrected chi connectivity index (χ2v) is 3.70. The van der Waals surface area contributed by atoms with Gasteiger partial charge >= 0.3 is 0 Å². The van der Waals surface area contributed by atoms with Gasteiger partial charge in [-0.15, -0.1) is 0 Å². The molecule has 0 radical (unpaired) electrons. The molecule has 2 rings (SSSR count). The summed E-state index contributed by atoms with van der Waals surface area (Å²) in [6.07, 6.45) is 1.76. The van der Waals surface area contributed by atoms with Crippen molar-refractivity contribution < 1.29 is 0 Å². The van der Waals surface area contributed by atoms with Crippen LogP contribution in [-0.2, 0) is 7.05 Å². The van der Waals surface area contributed by atoms with Gasteiger partial charge in [0.1, 0.15) is 5.52 Å². The average Bonchev–Trinajstić information content (AvgIpc) is 2.54. The second kappa shape index (κ2) is 3.86. The Bertz CT molecular complexity index is 460. The van der Waals surface area contributed by atoms with Crippen LogP contribution in [0.1, 0.15) is 6.92 Å². The summed E-state index contributed by atoms with van der Waals surface area (Å²) in [5.41, 5.74) is 7.44. The Morgan fingerprint density at radius 1 is 1.60 bits per heavy atom. The number of aromatic nitrogens is 3. The van der Waals surface area contributed by atoms with Crippen LogP contribution >= 0.6 is 0 Å². The van der Waals surface area contributed by atoms with Gasteiger partial charge in [-0.3, -0.25) is 4.57 Å². The van der Waals surface area contributed by atoms with Crippen molar-refractivity contribution in [2.75, 3.05) is 11.9 Å². The zero-order valence-corrected chi connectivity index (χ0v) is 8.94. The van der Waals surface area contributed by atoms with Gasteiger partial charge in [0.15, 0.2) is 5.65 Å². The summed E-state index contributed by atoms with van der Waals surface area (Å²) in [5.74, 6) is 0.806. The van der Waals surface area contributed by atoms with Crippen LogP contribution in [0.25, 0.3) is 11.2 Å². The molecule has 0 aliphatic rings. The van der Waals surface area contributed by atoms with Gasteiger partial charge in [-0.25, -0.2) is 9.97 Å². The van der Waals surface area contributed by atoms with E-state index in [0.29, 0.717) is 6.54 Å². The number of nitrogens with one attached hydrogen (secondary N) is 1. The normalized spacial score (nSPS) is 13.0. The van der Waals surface area contributed by atoms with Crippen LogP contribution in [0, 0.1) is 0 Å². The first kappa shape index (κ1) is 9.92. The lowest BCUT2D eigenvalue weighted by Crippen LogP contribution is -2.26. The Kier molecular flexibility index (Phi) is 2.55. The lowest BCUT2D eigenvalue weighted by Gasteiger charge is -2.07. The van der Waals surface area contributed by atoms with E-state index in [1.165, 1.54) is 0 Å². The summed E-state index contributed by atoms with van der Waals surface area (Å²) in [4.78, 5) is 8.68. The molecular weight excluding hydrogens is 190 g/mol. The molecule has 80 valence electrons. The van der Waals surface area contributed by atoms with Crippen LogP contribution in [0.3, 0.4) is 0 Å². The van der Waals surface area contributed by atoms with E-state index in [-0.39, 0.29) is 6.04 Å². The first-order valence-electron chi connectivity index (χ1n) is 4.95. The predicted molar refractivity (Wildman–Crippen MR) is 60.6 cm³/mol. The fourth-order valence-corrected chi connectivity index (χ4v) is 1.43. The van der Waals surface area contributed by atoms with Crippen LogP contribution in [0.15, 0.2) is 18.3 Å². The smallest absolute Gasteiger partial charge is 0.204 e. The first-order valence-corrected chi connectivity index (χ1v) is 4.95. The molecule has 5 nitrogen and oxygen atoms in total. The zero-order chi connectivity index (χ0) is 10.8. The molecule has 0 spiro atoms. The molecule has 2 heterocycles. The minimum atomic E-state index is 0.109. The van der Waals surface area contributed by atoms with E-state index in [9.17, 15) is 0 Å². The molecule has 0 fully saturated rings. The van der Waals surface area contributed by atoms with Crippen LogP contribution in [0.5, 0.6) is 0 Å². The molecule has 0 aliphatic carbocycles. The summed E-state index contributed by atoms with van der Waals surface area (Å²) in [6, 6.07) is 3.93. The third kappa shape index (κ3) is 1.92. The molecule has 15 heavy (non-hydrogen) atoms. The minimum absolute atomic E-state index is 0.109. The van der Waals surface area contributed by atoms with Gasteiger partial charge in [0.05, 0.1) is 0 Å². The quantitative estimate of drug-likeness (QED) is 0.775. The van der Waals surface area contributed by atoms with Gasteiger partial charge < -0.3 is 11.1 Å². The zero-order valence-electron chi connectivity index (χ0n) is 8.94.